The Balaban J connectivity index is 2.56. The molecule has 106 valence electrons. The number of carbonyl (C=O) groups is 1. The monoisotopic (exact) mass is 254 g/mol. The van der Waals surface area contributed by atoms with Crippen LogP contribution in [0.5, 0.6) is 0 Å². The van der Waals surface area contributed by atoms with E-state index in [0.29, 0.717) is 6.54 Å². The summed E-state index contributed by atoms with van der Waals surface area (Å²) in [5.41, 5.74) is 5.66. The summed E-state index contributed by atoms with van der Waals surface area (Å²) in [4.78, 5) is 12.4. The zero-order chi connectivity index (χ0) is 14.0. The number of nitrogens with one attached hydrogen (secondary N) is 1. The highest BCUT2D eigenvalue weighted by Crippen LogP contribution is 2.67. The van der Waals surface area contributed by atoms with Gasteiger partial charge in [-0.15, -0.1) is 0 Å². The SMILES string of the molecule is CC(C)(C)CC1(C(=O)NCCCCN)CC1(C)C. The van der Waals surface area contributed by atoms with E-state index in [0.717, 1.165) is 32.2 Å². The Morgan fingerprint density at radius 2 is 1.83 bits per heavy atom. The van der Waals surface area contributed by atoms with Gasteiger partial charge >= 0.3 is 0 Å². The molecule has 0 heterocycles. The maximum Gasteiger partial charge on any atom is 0.226 e. The maximum atomic E-state index is 12.4. The Morgan fingerprint density at radius 3 is 2.22 bits per heavy atom. The second-order valence-corrected chi connectivity index (χ2v) is 7.63. The Morgan fingerprint density at radius 1 is 1.28 bits per heavy atom. The normalized spacial score (nSPS) is 25.9. The molecule has 1 aliphatic carbocycles. The highest BCUT2D eigenvalue weighted by Gasteiger charge is 2.66. The standard InChI is InChI=1S/C15H30N2O/c1-13(2,3)10-15(11-14(15,4)5)12(18)17-9-7-6-8-16/h6-11,16H2,1-5H3,(H,17,18). The highest BCUT2D eigenvalue weighted by atomic mass is 16.2. The van der Waals surface area contributed by atoms with Gasteiger partial charge in [-0.05, 0) is 43.1 Å². The number of carbonyl (C=O) groups excluding carboxylic acids is 1. The molecule has 18 heavy (non-hydrogen) atoms. The van der Waals surface area contributed by atoms with Crippen LogP contribution in [-0.4, -0.2) is 19.0 Å². The number of unbranched alkanes of at least 4 members (excludes halogenated alkanes) is 1. The molecule has 3 N–H and O–H groups in total. The smallest absolute Gasteiger partial charge is 0.226 e. The molecule has 3 nitrogen and oxygen atoms in total. The van der Waals surface area contributed by atoms with Crippen molar-refractivity contribution >= 4 is 5.91 Å². The average molecular weight is 254 g/mol. The zero-order valence-corrected chi connectivity index (χ0v) is 12.7. The maximum absolute atomic E-state index is 12.4. The first-order chi connectivity index (χ1) is 8.15. The van der Waals surface area contributed by atoms with Crippen molar-refractivity contribution in [3.8, 4) is 0 Å². The van der Waals surface area contributed by atoms with Gasteiger partial charge in [-0.1, -0.05) is 34.6 Å². The van der Waals surface area contributed by atoms with Gasteiger partial charge in [0.15, 0.2) is 0 Å². The lowest BCUT2D eigenvalue weighted by atomic mass is 9.78. The van der Waals surface area contributed by atoms with Crippen LogP contribution in [0.2, 0.25) is 0 Å². The van der Waals surface area contributed by atoms with E-state index in [4.69, 9.17) is 5.73 Å². The average Bonchev–Trinajstić information content (AvgIpc) is 2.73. The van der Waals surface area contributed by atoms with Crippen molar-refractivity contribution < 1.29 is 4.79 Å². The Kier molecular flexibility index (Phi) is 4.47. The fourth-order valence-electron chi connectivity index (χ4n) is 3.03. The fourth-order valence-corrected chi connectivity index (χ4v) is 3.03. The summed E-state index contributed by atoms with van der Waals surface area (Å²) >= 11 is 0. The van der Waals surface area contributed by atoms with Gasteiger partial charge in [-0.2, -0.15) is 0 Å². The number of amides is 1. The molecule has 0 aliphatic heterocycles. The molecule has 1 aliphatic rings. The van der Waals surface area contributed by atoms with Crippen LogP contribution in [-0.2, 0) is 4.79 Å². The van der Waals surface area contributed by atoms with Gasteiger partial charge in [0.25, 0.3) is 0 Å². The van der Waals surface area contributed by atoms with Gasteiger partial charge in [0.2, 0.25) is 5.91 Å². The van der Waals surface area contributed by atoms with E-state index in [1.165, 1.54) is 0 Å². The van der Waals surface area contributed by atoms with Crippen molar-refractivity contribution in [3.05, 3.63) is 0 Å². The molecule has 0 saturated heterocycles. The van der Waals surface area contributed by atoms with E-state index in [2.05, 4.69) is 39.9 Å². The molecule has 1 amide bonds. The van der Waals surface area contributed by atoms with E-state index in [-0.39, 0.29) is 22.2 Å². The first-order valence-electron chi connectivity index (χ1n) is 7.13. The number of hydrogen-bond donors (Lipinski definition) is 2. The summed E-state index contributed by atoms with van der Waals surface area (Å²) in [6.07, 6.45) is 3.94. The number of hydrogen-bond acceptors (Lipinski definition) is 2. The van der Waals surface area contributed by atoms with Crippen LogP contribution in [0, 0.1) is 16.2 Å². The first kappa shape index (κ1) is 15.5. The molecular formula is C15H30N2O. The first-order valence-corrected chi connectivity index (χ1v) is 7.13. The third-order valence-corrected chi connectivity index (χ3v) is 4.10. The van der Waals surface area contributed by atoms with Crippen LogP contribution >= 0.6 is 0 Å². The molecule has 0 aromatic rings. The Labute approximate surface area is 112 Å². The highest BCUT2D eigenvalue weighted by molar-refractivity contribution is 5.87. The minimum absolute atomic E-state index is 0.145. The lowest BCUT2D eigenvalue weighted by Gasteiger charge is -2.28. The van der Waals surface area contributed by atoms with Gasteiger partial charge in [-0.3, -0.25) is 4.79 Å². The van der Waals surface area contributed by atoms with Crippen molar-refractivity contribution in [1.82, 2.24) is 5.32 Å². The predicted octanol–water partition coefficient (Wildman–Crippen LogP) is 2.69. The third kappa shape index (κ3) is 3.47. The molecule has 0 aromatic carbocycles. The van der Waals surface area contributed by atoms with Crippen molar-refractivity contribution in [2.45, 2.75) is 60.3 Å². The molecule has 0 aromatic heterocycles. The van der Waals surface area contributed by atoms with Gasteiger partial charge in [0, 0.05) is 6.54 Å². The van der Waals surface area contributed by atoms with E-state index >= 15 is 0 Å². The Hall–Kier alpha value is -0.570. The molecule has 0 spiro atoms. The zero-order valence-electron chi connectivity index (χ0n) is 12.7. The van der Waals surface area contributed by atoms with Crippen LogP contribution in [0.15, 0.2) is 0 Å². The summed E-state index contributed by atoms with van der Waals surface area (Å²) in [5, 5.41) is 3.10. The predicted molar refractivity (Wildman–Crippen MR) is 76.2 cm³/mol. The molecule has 0 bridgehead atoms. The minimum Gasteiger partial charge on any atom is -0.356 e. The summed E-state index contributed by atoms with van der Waals surface area (Å²) in [5.74, 6) is 0.249. The van der Waals surface area contributed by atoms with Gasteiger partial charge in [0.1, 0.15) is 0 Å². The van der Waals surface area contributed by atoms with E-state index in [1.807, 2.05) is 0 Å². The second-order valence-electron chi connectivity index (χ2n) is 7.63. The lowest BCUT2D eigenvalue weighted by Crippen LogP contribution is -2.37. The van der Waals surface area contributed by atoms with E-state index in [1.54, 1.807) is 0 Å². The van der Waals surface area contributed by atoms with Gasteiger partial charge < -0.3 is 11.1 Å². The van der Waals surface area contributed by atoms with E-state index in [9.17, 15) is 4.79 Å². The molecular weight excluding hydrogens is 224 g/mol. The van der Waals surface area contributed by atoms with Gasteiger partial charge in [0.05, 0.1) is 5.41 Å². The van der Waals surface area contributed by atoms with Crippen molar-refractivity contribution in [1.29, 1.82) is 0 Å². The summed E-state index contributed by atoms with van der Waals surface area (Å²) in [6.45, 7) is 12.5. The molecule has 1 rings (SSSR count). The van der Waals surface area contributed by atoms with Crippen molar-refractivity contribution in [2.75, 3.05) is 13.1 Å². The van der Waals surface area contributed by atoms with Gasteiger partial charge in [-0.25, -0.2) is 0 Å². The molecule has 1 saturated carbocycles. The van der Waals surface area contributed by atoms with Crippen LogP contribution in [0.4, 0.5) is 0 Å². The van der Waals surface area contributed by atoms with Crippen LogP contribution in [0.3, 0.4) is 0 Å². The van der Waals surface area contributed by atoms with E-state index < -0.39 is 0 Å². The second kappa shape index (κ2) is 5.20. The Bertz CT molecular complexity index is 304. The molecule has 1 fully saturated rings. The number of nitrogens with two attached hydrogens (primary N) is 1. The number of rotatable bonds is 6. The summed E-state index contributed by atoms with van der Waals surface area (Å²) in [7, 11) is 0. The largest absolute Gasteiger partial charge is 0.356 e. The van der Waals surface area contributed by atoms with Crippen LogP contribution in [0.25, 0.3) is 0 Å². The van der Waals surface area contributed by atoms with Crippen LogP contribution in [0.1, 0.15) is 60.3 Å². The molecule has 0 radical (unpaired) electrons. The molecule has 1 unspecified atom stereocenters. The topological polar surface area (TPSA) is 55.1 Å². The lowest BCUT2D eigenvalue weighted by molar-refractivity contribution is -0.128. The summed E-state index contributed by atoms with van der Waals surface area (Å²) < 4.78 is 0. The van der Waals surface area contributed by atoms with Crippen molar-refractivity contribution in [2.24, 2.45) is 22.0 Å². The molecule has 3 heteroatoms. The molecule has 1 atom stereocenters. The fraction of sp³-hybridized carbons (Fsp3) is 0.933. The van der Waals surface area contributed by atoms with Crippen molar-refractivity contribution in [3.63, 3.8) is 0 Å². The summed E-state index contributed by atoms with van der Waals surface area (Å²) in [6, 6.07) is 0. The minimum atomic E-state index is -0.145. The van der Waals surface area contributed by atoms with Crippen LogP contribution < -0.4 is 11.1 Å². The quantitative estimate of drug-likeness (QED) is 0.716. The third-order valence-electron chi connectivity index (χ3n) is 4.10.